The Bertz CT molecular complexity index is 708. The van der Waals surface area contributed by atoms with Crippen molar-refractivity contribution in [2.45, 2.75) is 32.0 Å². The topological polar surface area (TPSA) is 41.6 Å². The predicted octanol–water partition coefficient (Wildman–Crippen LogP) is 3.64. The number of nitrogens with one attached hydrogen (secondary N) is 1. The van der Waals surface area contributed by atoms with E-state index in [1.165, 1.54) is 5.56 Å². The number of benzene rings is 2. The van der Waals surface area contributed by atoms with E-state index in [2.05, 4.69) is 34.5 Å². The molecule has 1 saturated heterocycles. The van der Waals surface area contributed by atoms with E-state index in [0.29, 0.717) is 11.6 Å². The molecule has 1 unspecified atom stereocenters. The summed E-state index contributed by atoms with van der Waals surface area (Å²) in [6, 6.07) is 18.2. The first kappa shape index (κ1) is 18.9. The maximum atomic E-state index is 12.2. The van der Waals surface area contributed by atoms with Gasteiger partial charge in [0.15, 0.2) is 0 Å². The summed E-state index contributed by atoms with van der Waals surface area (Å²) < 4.78 is 5.52. The summed E-state index contributed by atoms with van der Waals surface area (Å²) in [4.78, 5) is 14.6. The summed E-state index contributed by atoms with van der Waals surface area (Å²) in [5, 5.41) is 3.76. The average molecular weight is 373 g/mol. The molecule has 138 valence electrons. The third-order valence-electron chi connectivity index (χ3n) is 4.57. The highest BCUT2D eigenvalue weighted by molar-refractivity contribution is 6.31. The first-order chi connectivity index (χ1) is 12.7. The quantitative estimate of drug-likeness (QED) is 0.806. The zero-order valence-electron chi connectivity index (χ0n) is 14.9. The molecule has 1 atom stereocenters. The summed E-state index contributed by atoms with van der Waals surface area (Å²) in [5.74, 6) is -0.0661. The predicted molar refractivity (Wildman–Crippen MR) is 104 cm³/mol. The number of carbonyl (C=O) groups excluding carboxylic acids is 1. The van der Waals surface area contributed by atoms with Gasteiger partial charge >= 0.3 is 0 Å². The van der Waals surface area contributed by atoms with Gasteiger partial charge in [0.25, 0.3) is 0 Å². The number of piperidine rings is 1. The molecular formula is C21H25ClN2O2. The van der Waals surface area contributed by atoms with Gasteiger partial charge in [0.05, 0.1) is 6.61 Å². The van der Waals surface area contributed by atoms with E-state index in [1.54, 1.807) is 0 Å². The van der Waals surface area contributed by atoms with Crippen LogP contribution in [0.1, 0.15) is 24.0 Å². The number of nitrogens with zero attached hydrogens (tertiary/aromatic N) is 1. The molecule has 1 fully saturated rings. The van der Waals surface area contributed by atoms with Crippen LogP contribution < -0.4 is 5.32 Å². The Labute approximate surface area is 160 Å². The van der Waals surface area contributed by atoms with Gasteiger partial charge in [-0.2, -0.15) is 0 Å². The molecular weight excluding hydrogens is 348 g/mol. The molecule has 1 aliphatic heterocycles. The monoisotopic (exact) mass is 372 g/mol. The highest BCUT2D eigenvalue weighted by atomic mass is 35.5. The second-order valence-corrected chi connectivity index (χ2v) is 7.12. The van der Waals surface area contributed by atoms with Gasteiger partial charge in [-0.15, -0.1) is 0 Å². The zero-order chi connectivity index (χ0) is 18.2. The fourth-order valence-corrected chi connectivity index (χ4v) is 3.49. The number of rotatable bonds is 7. The molecule has 0 bridgehead atoms. The van der Waals surface area contributed by atoms with Crippen LogP contribution in [0.4, 0.5) is 0 Å². The van der Waals surface area contributed by atoms with Crippen molar-refractivity contribution in [3.8, 4) is 0 Å². The van der Waals surface area contributed by atoms with Crippen molar-refractivity contribution in [2.24, 2.45) is 0 Å². The van der Waals surface area contributed by atoms with Crippen molar-refractivity contribution < 1.29 is 9.53 Å². The van der Waals surface area contributed by atoms with Crippen LogP contribution in [-0.2, 0) is 22.7 Å². The minimum atomic E-state index is -0.0661. The molecule has 0 aliphatic carbocycles. The number of likely N-dealkylation sites (tertiary alicyclic amines) is 1. The van der Waals surface area contributed by atoms with Gasteiger partial charge in [0.2, 0.25) is 5.91 Å². The van der Waals surface area contributed by atoms with E-state index in [-0.39, 0.29) is 18.6 Å². The zero-order valence-corrected chi connectivity index (χ0v) is 15.6. The second kappa shape index (κ2) is 9.72. The second-order valence-electron chi connectivity index (χ2n) is 6.71. The molecule has 1 amide bonds. The summed E-state index contributed by atoms with van der Waals surface area (Å²) in [5.41, 5.74) is 2.20. The minimum absolute atomic E-state index is 0.0560. The maximum Gasteiger partial charge on any atom is 0.246 e. The fourth-order valence-electron chi connectivity index (χ4n) is 3.30. The van der Waals surface area contributed by atoms with Crippen molar-refractivity contribution in [2.75, 3.05) is 19.7 Å². The van der Waals surface area contributed by atoms with Crippen molar-refractivity contribution in [3.05, 3.63) is 70.7 Å². The van der Waals surface area contributed by atoms with E-state index in [1.807, 2.05) is 30.3 Å². The SMILES string of the molecule is O=C(COCc1ccccc1Cl)NC1CCCN(Cc2ccccc2)C1. The summed E-state index contributed by atoms with van der Waals surface area (Å²) in [6.45, 7) is 3.28. The Hall–Kier alpha value is -1.88. The molecule has 4 nitrogen and oxygen atoms in total. The van der Waals surface area contributed by atoms with Gasteiger partial charge < -0.3 is 10.1 Å². The molecule has 1 aliphatic rings. The summed E-state index contributed by atoms with van der Waals surface area (Å²) in [6.07, 6.45) is 2.11. The lowest BCUT2D eigenvalue weighted by molar-refractivity contribution is -0.127. The first-order valence-corrected chi connectivity index (χ1v) is 9.45. The van der Waals surface area contributed by atoms with Crippen LogP contribution in [0.2, 0.25) is 5.02 Å². The van der Waals surface area contributed by atoms with Crippen LogP contribution in [0, 0.1) is 0 Å². The lowest BCUT2D eigenvalue weighted by atomic mass is 10.0. The molecule has 1 heterocycles. The van der Waals surface area contributed by atoms with E-state index < -0.39 is 0 Å². The molecule has 1 N–H and O–H groups in total. The van der Waals surface area contributed by atoms with Crippen LogP contribution in [-0.4, -0.2) is 36.5 Å². The number of carbonyl (C=O) groups is 1. The van der Waals surface area contributed by atoms with Gasteiger partial charge in [-0.05, 0) is 36.6 Å². The first-order valence-electron chi connectivity index (χ1n) is 9.07. The van der Waals surface area contributed by atoms with E-state index in [9.17, 15) is 4.79 Å². The number of ether oxygens (including phenoxy) is 1. The van der Waals surface area contributed by atoms with Crippen LogP contribution in [0.15, 0.2) is 54.6 Å². The number of halogens is 1. The smallest absolute Gasteiger partial charge is 0.246 e. The lowest BCUT2D eigenvalue weighted by Gasteiger charge is -2.33. The normalized spacial score (nSPS) is 17.8. The largest absolute Gasteiger partial charge is 0.367 e. The molecule has 0 aromatic heterocycles. The van der Waals surface area contributed by atoms with Crippen LogP contribution in [0.25, 0.3) is 0 Å². The van der Waals surface area contributed by atoms with E-state index >= 15 is 0 Å². The van der Waals surface area contributed by atoms with E-state index in [4.69, 9.17) is 16.3 Å². The van der Waals surface area contributed by atoms with Gasteiger partial charge in [-0.1, -0.05) is 60.1 Å². The van der Waals surface area contributed by atoms with Crippen LogP contribution >= 0.6 is 11.6 Å². The Kier molecular flexibility index (Phi) is 7.06. The van der Waals surface area contributed by atoms with Crippen molar-refractivity contribution in [1.29, 1.82) is 0 Å². The number of amides is 1. The summed E-state index contributed by atoms with van der Waals surface area (Å²) >= 11 is 6.09. The number of hydrogen-bond donors (Lipinski definition) is 1. The van der Waals surface area contributed by atoms with Gasteiger partial charge in [-0.25, -0.2) is 0 Å². The maximum absolute atomic E-state index is 12.2. The lowest BCUT2D eigenvalue weighted by Crippen LogP contribution is -2.48. The van der Waals surface area contributed by atoms with Gasteiger partial charge in [0.1, 0.15) is 6.61 Å². The Morgan fingerprint density at radius 1 is 1.15 bits per heavy atom. The van der Waals surface area contributed by atoms with Crippen molar-refractivity contribution >= 4 is 17.5 Å². The van der Waals surface area contributed by atoms with E-state index in [0.717, 1.165) is 38.0 Å². The number of hydrogen-bond acceptors (Lipinski definition) is 3. The third kappa shape index (κ3) is 5.84. The Morgan fingerprint density at radius 2 is 1.92 bits per heavy atom. The molecule has 0 radical (unpaired) electrons. The fraction of sp³-hybridized carbons (Fsp3) is 0.381. The van der Waals surface area contributed by atoms with Crippen LogP contribution in [0.5, 0.6) is 0 Å². The Morgan fingerprint density at radius 3 is 2.73 bits per heavy atom. The molecule has 0 saturated carbocycles. The van der Waals surface area contributed by atoms with Crippen molar-refractivity contribution in [3.63, 3.8) is 0 Å². The molecule has 2 aromatic rings. The minimum Gasteiger partial charge on any atom is -0.367 e. The third-order valence-corrected chi connectivity index (χ3v) is 4.94. The molecule has 5 heteroatoms. The van der Waals surface area contributed by atoms with Gasteiger partial charge in [0, 0.05) is 24.2 Å². The molecule has 0 spiro atoms. The van der Waals surface area contributed by atoms with Crippen molar-refractivity contribution in [1.82, 2.24) is 10.2 Å². The molecule has 3 rings (SSSR count). The Balaban J connectivity index is 1.40. The summed E-state index contributed by atoms with van der Waals surface area (Å²) in [7, 11) is 0. The highest BCUT2D eigenvalue weighted by Crippen LogP contribution is 2.16. The average Bonchev–Trinajstić information content (AvgIpc) is 2.64. The molecule has 2 aromatic carbocycles. The van der Waals surface area contributed by atoms with Gasteiger partial charge in [-0.3, -0.25) is 9.69 Å². The standard InChI is InChI=1S/C21H25ClN2O2/c22-20-11-5-4-9-18(20)15-26-16-21(25)23-19-10-6-12-24(14-19)13-17-7-2-1-3-8-17/h1-5,7-9,11,19H,6,10,12-16H2,(H,23,25). The highest BCUT2D eigenvalue weighted by Gasteiger charge is 2.21. The molecule has 26 heavy (non-hydrogen) atoms. The van der Waals surface area contributed by atoms with Crippen LogP contribution in [0.3, 0.4) is 0 Å².